The number of fused-ring (bicyclic) bond motifs is 1. The molecule has 0 unspecified atom stereocenters. The van der Waals surface area contributed by atoms with E-state index in [4.69, 9.17) is 15.7 Å². The van der Waals surface area contributed by atoms with E-state index < -0.39 is 7.12 Å². The molecule has 3 aromatic rings. The van der Waals surface area contributed by atoms with Crippen LogP contribution in [0.3, 0.4) is 0 Å². The first kappa shape index (κ1) is 15.1. The summed E-state index contributed by atoms with van der Waals surface area (Å²) in [7, 11) is -0.430. The van der Waals surface area contributed by atoms with Crippen LogP contribution in [-0.4, -0.2) is 23.3 Å². The van der Waals surface area contributed by atoms with Crippen molar-refractivity contribution in [2.45, 2.75) is 38.9 Å². The largest absolute Gasteiger partial charge is 0.494 e. The topological polar surface area (TPSA) is 31.4 Å². The summed E-state index contributed by atoms with van der Waals surface area (Å²) in [6.07, 6.45) is 0. The molecule has 1 aromatic heterocycles. The fourth-order valence-corrected chi connectivity index (χ4v) is 2.95. The van der Waals surface area contributed by atoms with E-state index in [2.05, 4.69) is 0 Å². The van der Waals surface area contributed by atoms with Gasteiger partial charge < -0.3 is 9.31 Å². The highest BCUT2D eigenvalue weighted by molar-refractivity contribution is 6.62. The molecule has 0 atom stereocenters. The van der Waals surface area contributed by atoms with Crippen molar-refractivity contribution in [2.24, 2.45) is 0 Å². The van der Waals surface area contributed by atoms with Gasteiger partial charge in [-0.15, -0.1) is 0 Å². The summed E-state index contributed by atoms with van der Waals surface area (Å²) in [5.41, 5.74) is 2.74. The van der Waals surface area contributed by atoms with Crippen LogP contribution in [0.2, 0.25) is 0 Å². The van der Waals surface area contributed by atoms with Gasteiger partial charge in [0.1, 0.15) is 0 Å². The molecule has 0 saturated carbocycles. The fraction of sp³-hybridized carbons (Fsp3) is 0.286. The van der Waals surface area contributed by atoms with Crippen molar-refractivity contribution in [1.82, 2.24) is 4.98 Å². The monoisotopic (exact) mass is 332 g/mol. The standard InChI is InChI=1S/C21H22BNO2/c1-20(2)21(3,4)25-22(24-20)17-12-10-16-11-13-18(23-19(16)14-17)15-8-6-5-7-9-15/h5-14H,1-4H3/i11D. The van der Waals surface area contributed by atoms with Crippen LogP contribution >= 0.6 is 0 Å². The lowest BCUT2D eigenvalue weighted by molar-refractivity contribution is 0.00578. The highest BCUT2D eigenvalue weighted by Gasteiger charge is 2.51. The normalized spacial score (nSPS) is 19.2. The Morgan fingerprint density at radius 3 is 2.28 bits per heavy atom. The number of rotatable bonds is 2. The maximum Gasteiger partial charge on any atom is 0.494 e. The SMILES string of the molecule is [2H]c1cc(-c2ccccc2)nc2cc(B3OC(C)(C)C(C)(C)O3)ccc12. The molecule has 3 nitrogen and oxygen atoms in total. The van der Waals surface area contributed by atoms with Gasteiger partial charge in [-0.2, -0.15) is 0 Å². The summed E-state index contributed by atoms with van der Waals surface area (Å²) < 4.78 is 20.7. The average molecular weight is 332 g/mol. The van der Waals surface area contributed by atoms with Gasteiger partial charge >= 0.3 is 7.12 Å². The number of nitrogens with zero attached hydrogens (tertiary/aromatic N) is 1. The summed E-state index contributed by atoms with van der Waals surface area (Å²) in [6, 6.07) is 18.1. The summed E-state index contributed by atoms with van der Waals surface area (Å²) in [5.74, 6) is 0. The third-order valence-electron chi connectivity index (χ3n) is 5.22. The lowest BCUT2D eigenvalue weighted by atomic mass is 9.78. The van der Waals surface area contributed by atoms with Crippen molar-refractivity contribution >= 4 is 23.5 Å². The molecule has 1 saturated heterocycles. The van der Waals surface area contributed by atoms with Crippen LogP contribution in [0, 0.1) is 0 Å². The zero-order chi connectivity index (χ0) is 18.5. The summed E-state index contributed by atoms with van der Waals surface area (Å²) in [5, 5.41) is 0.824. The van der Waals surface area contributed by atoms with Crippen molar-refractivity contribution < 1.29 is 10.7 Å². The highest BCUT2D eigenvalue weighted by atomic mass is 16.7. The fourth-order valence-electron chi connectivity index (χ4n) is 2.95. The molecule has 0 radical (unpaired) electrons. The molecular weight excluding hydrogens is 309 g/mol. The Bertz CT molecular complexity index is 956. The first-order valence-corrected chi connectivity index (χ1v) is 8.59. The van der Waals surface area contributed by atoms with E-state index in [1.54, 1.807) is 0 Å². The van der Waals surface area contributed by atoms with E-state index in [1.165, 1.54) is 0 Å². The maximum atomic E-state index is 8.36. The molecule has 1 aliphatic rings. The minimum absolute atomic E-state index is 0.382. The lowest BCUT2D eigenvalue weighted by Gasteiger charge is -2.32. The van der Waals surface area contributed by atoms with Gasteiger partial charge in [0, 0.05) is 10.9 Å². The highest BCUT2D eigenvalue weighted by Crippen LogP contribution is 2.36. The lowest BCUT2D eigenvalue weighted by Crippen LogP contribution is -2.41. The summed E-state index contributed by atoms with van der Waals surface area (Å²) >= 11 is 0. The maximum absolute atomic E-state index is 8.36. The Balaban J connectivity index is 1.78. The quantitative estimate of drug-likeness (QED) is 0.659. The molecule has 0 bridgehead atoms. The van der Waals surface area contributed by atoms with E-state index in [9.17, 15) is 0 Å². The Kier molecular flexibility index (Phi) is 3.44. The van der Waals surface area contributed by atoms with Gasteiger partial charge in [0.2, 0.25) is 0 Å². The number of pyridine rings is 1. The summed E-state index contributed by atoms with van der Waals surface area (Å²) in [6.45, 7) is 8.17. The molecule has 25 heavy (non-hydrogen) atoms. The molecule has 1 aliphatic heterocycles. The molecule has 4 heteroatoms. The minimum Gasteiger partial charge on any atom is -0.399 e. The molecule has 1 fully saturated rings. The first-order chi connectivity index (χ1) is 12.3. The molecule has 0 spiro atoms. The number of hydrogen-bond donors (Lipinski definition) is 0. The van der Waals surface area contributed by atoms with Crippen molar-refractivity contribution in [3.63, 3.8) is 0 Å². The molecule has 4 rings (SSSR count). The van der Waals surface area contributed by atoms with Gasteiger partial charge in [0.05, 0.1) is 23.8 Å². The van der Waals surface area contributed by atoms with Gasteiger partial charge in [-0.3, -0.25) is 0 Å². The van der Waals surface area contributed by atoms with Gasteiger partial charge in [0.15, 0.2) is 0 Å². The van der Waals surface area contributed by atoms with E-state index in [0.717, 1.165) is 27.6 Å². The van der Waals surface area contributed by atoms with Crippen LogP contribution in [0.4, 0.5) is 0 Å². The molecule has 2 aromatic carbocycles. The molecule has 2 heterocycles. The Morgan fingerprint density at radius 2 is 1.60 bits per heavy atom. The second-order valence-corrected chi connectivity index (χ2v) is 7.52. The smallest absolute Gasteiger partial charge is 0.399 e. The average Bonchev–Trinajstić information content (AvgIpc) is 2.83. The molecule has 0 amide bonds. The third-order valence-corrected chi connectivity index (χ3v) is 5.22. The zero-order valence-electron chi connectivity index (χ0n) is 16.0. The number of aromatic nitrogens is 1. The van der Waals surface area contributed by atoms with Crippen molar-refractivity contribution in [2.75, 3.05) is 0 Å². The Labute approximate surface area is 150 Å². The van der Waals surface area contributed by atoms with Crippen LogP contribution in [0.25, 0.3) is 22.2 Å². The van der Waals surface area contributed by atoms with Crippen LogP contribution in [0.1, 0.15) is 29.1 Å². The Morgan fingerprint density at radius 1 is 0.920 bits per heavy atom. The zero-order valence-corrected chi connectivity index (χ0v) is 15.0. The van der Waals surface area contributed by atoms with E-state index in [1.807, 2.05) is 82.3 Å². The van der Waals surface area contributed by atoms with Crippen molar-refractivity contribution in [1.29, 1.82) is 0 Å². The summed E-state index contributed by atoms with van der Waals surface area (Å²) in [4.78, 5) is 4.78. The van der Waals surface area contributed by atoms with E-state index >= 15 is 0 Å². The second-order valence-electron chi connectivity index (χ2n) is 7.52. The van der Waals surface area contributed by atoms with Gasteiger partial charge in [0.25, 0.3) is 0 Å². The van der Waals surface area contributed by atoms with Crippen molar-refractivity contribution in [3.05, 3.63) is 60.6 Å². The minimum atomic E-state index is -0.430. The molecule has 126 valence electrons. The third kappa shape index (κ3) is 2.86. The predicted octanol–water partition coefficient (Wildman–Crippen LogP) is 4.20. The Hall–Kier alpha value is -2.17. The predicted molar refractivity (Wildman–Crippen MR) is 103 cm³/mol. The van der Waals surface area contributed by atoms with Gasteiger partial charge in [-0.05, 0) is 45.3 Å². The van der Waals surface area contributed by atoms with Gasteiger partial charge in [-0.1, -0.05) is 48.5 Å². The van der Waals surface area contributed by atoms with Gasteiger partial charge in [-0.25, -0.2) is 4.98 Å². The molecule has 0 aliphatic carbocycles. The van der Waals surface area contributed by atoms with Crippen molar-refractivity contribution in [3.8, 4) is 11.3 Å². The second kappa shape index (κ2) is 5.68. The molecular formula is C21H22BNO2. The van der Waals surface area contributed by atoms with E-state index in [0.29, 0.717) is 6.04 Å². The van der Waals surface area contributed by atoms with Crippen LogP contribution in [0.15, 0.2) is 60.6 Å². The van der Waals surface area contributed by atoms with Crippen LogP contribution in [-0.2, 0) is 9.31 Å². The van der Waals surface area contributed by atoms with E-state index in [-0.39, 0.29) is 11.2 Å². The molecule has 0 N–H and O–H groups in total. The van der Waals surface area contributed by atoms with Crippen LogP contribution < -0.4 is 5.46 Å². The number of benzene rings is 2. The first-order valence-electron chi connectivity index (χ1n) is 9.09. The number of hydrogen-bond acceptors (Lipinski definition) is 3. The van der Waals surface area contributed by atoms with Crippen LogP contribution in [0.5, 0.6) is 0 Å².